The summed E-state index contributed by atoms with van der Waals surface area (Å²) < 4.78 is 51.6. The third-order valence-electron chi connectivity index (χ3n) is 4.68. The summed E-state index contributed by atoms with van der Waals surface area (Å²) >= 11 is 1.60. The number of hydrogen-bond donors (Lipinski definition) is 0. The maximum Gasteiger partial charge on any atom is 0.195 e. The lowest BCUT2D eigenvalue weighted by atomic mass is 10.2. The van der Waals surface area contributed by atoms with Gasteiger partial charge in [0.05, 0.1) is 9.79 Å². The van der Waals surface area contributed by atoms with Crippen LogP contribution < -0.4 is 0 Å². The largest absolute Gasteiger partial charge is 0.222 e. The minimum atomic E-state index is -4.06. The molecule has 0 bridgehead atoms. The van der Waals surface area contributed by atoms with Crippen molar-refractivity contribution in [3.63, 3.8) is 0 Å². The van der Waals surface area contributed by atoms with Crippen molar-refractivity contribution in [1.82, 2.24) is 0 Å². The van der Waals surface area contributed by atoms with Gasteiger partial charge in [0, 0.05) is 4.90 Å². The number of sulfone groups is 2. The minimum absolute atomic E-state index is 0.0286. The number of rotatable bonds is 9. The van der Waals surface area contributed by atoms with Crippen LogP contribution in [0.15, 0.2) is 99.6 Å². The van der Waals surface area contributed by atoms with E-state index in [-0.39, 0.29) is 16.2 Å². The van der Waals surface area contributed by atoms with Gasteiger partial charge in [0.25, 0.3) is 0 Å². The Balaban J connectivity index is 1.85. The molecule has 158 valence electrons. The zero-order valence-electron chi connectivity index (χ0n) is 16.6. The lowest BCUT2D eigenvalue weighted by Crippen LogP contribution is -2.31. The van der Waals surface area contributed by atoms with Crippen LogP contribution in [0.3, 0.4) is 0 Å². The summed E-state index contributed by atoms with van der Waals surface area (Å²) in [5.74, 6) is 0.634. The van der Waals surface area contributed by atoms with E-state index >= 15 is 0 Å². The van der Waals surface area contributed by atoms with Gasteiger partial charge in [-0.1, -0.05) is 54.1 Å². The van der Waals surface area contributed by atoms with Gasteiger partial charge >= 0.3 is 0 Å². The standard InChI is InChI=1S/C23H24O4S3/c1-19-10-8-11-20(18-19)28-17-9-16-23(29(24,25)21-12-4-2-5-13-21)30(26,27)22-14-6-3-7-15-22/h2-8,10-15,18,23H,9,16-17H2,1H3. The van der Waals surface area contributed by atoms with E-state index in [0.29, 0.717) is 12.2 Å². The number of hydrogen-bond acceptors (Lipinski definition) is 5. The molecule has 3 aromatic rings. The van der Waals surface area contributed by atoms with Gasteiger partial charge in [0.15, 0.2) is 24.3 Å². The molecule has 0 amide bonds. The van der Waals surface area contributed by atoms with Crippen molar-refractivity contribution >= 4 is 31.4 Å². The third-order valence-corrected chi connectivity index (χ3v) is 11.0. The van der Waals surface area contributed by atoms with Gasteiger partial charge < -0.3 is 0 Å². The predicted octanol–water partition coefficient (Wildman–Crippen LogP) is 5.14. The summed E-state index contributed by atoms with van der Waals surface area (Å²) in [7, 11) is -8.11. The zero-order chi connectivity index (χ0) is 21.6. The Kier molecular flexibility index (Phi) is 7.39. The van der Waals surface area contributed by atoms with E-state index in [2.05, 4.69) is 6.07 Å². The highest BCUT2D eigenvalue weighted by molar-refractivity contribution is 8.09. The summed E-state index contributed by atoms with van der Waals surface area (Å²) in [6.07, 6.45) is 0.495. The Morgan fingerprint density at radius 3 is 1.77 bits per heavy atom. The fraction of sp³-hybridized carbons (Fsp3) is 0.217. The molecule has 4 nitrogen and oxygen atoms in total. The maximum atomic E-state index is 13.3. The molecule has 7 heteroatoms. The second-order valence-electron chi connectivity index (χ2n) is 6.95. The first-order valence-corrected chi connectivity index (χ1v) is 13.7. The van der Waals surface area contributed by atoms with E-state index in [1.807, 2.05) is 25.1 Å². The molecular weight excluding hydrogens is 436 g/mol. The fourth-order valence-electron chi connectivity index (χ4n) is 3.15. The minimum Gasteiger partial charge on any atom is -0.222 e. The first-order chi connectivity index (χ1) is 14.3. The van der Waals surface area contributed by atoms with E-state index < -0.39 is 24.3 Å². The molecule has 0 unspecified atom stereocenters. The van der Waals surface area contributed by atoms with Gasteiger partial charge in [-0.15, -0.1) is 11.8 Å². The average molecular weight is 461 g/mol. The van der Waals surface area contributed by atoms with Gasteiger partial charge in [-0.2, -0.15) is 0 Å². The van der Waals surface area contributed by atoms with Crippen LogP contribution in [0.1, 0.15) is 18.4 Å². The molecule has 0 heterocycles. The summed E-state index contributed by atoms with van der Waals surface area (Å²) in [4.78, 5) is 1.14. The van der Waals surface area contributed by atoms with Gasteiger partial charge in [-0.05, 0) is 61.9 Å². The van der Waals surface area contributed by atoms with Crippen LogP contribution in [0.25, 0.3) is 0 Å². The molecule has 0 atom stereocenters. The van der Waals surface area contributed by atoms with Crippen molar-refractivity contribution in [3.8, 4) is 0 Å². The highest BCUT2D eigenvalue weighted by Gasteiger charge is 2.39. The highest BCUT2D eigenvalue weighted by Crippen LogP contribution is 2.30. The second kappa shape index (κ2) is 9.81. The van der Waals surface area contributed by atoms with Crippen LogP contribution in [0.4, 0.5) is 0 Å². The molecular formula is C23H24O4S3. The fourth-order valence-corrected chi connectivity index (χ4v) is 8.77. The SMILES string of the molecule is Cc1cccc(SCCCC(S(=O)(=O)c2ccccc2)S(=O)(=O)c2ccccc2)c1. The number of thioether (sulfide) groups is 1. The van der Waals surface area contributed by atoms with E-state index in [1.165, 1.54) is 24.3 Å². The van der Waals surface area contributed by atoms with Gasteiger partial charge in [-0.3, -0.25) is 0 Å². The van der Waals surface area contributed by atoms with Crippen molar-refractivity contribution < 1.29 is 16.8 Å². The average Bonchev–Trinajstić information content (AvgIpc) is 2.74. The van der Waals surface area contributed by atoms with Crippen LogP contribution in [0, 0.1) is 6.92 Å². The lowest BCUT2D eigenvalue weighted by molar-refractivity contribution is 0.568. The topological polar surface area (TPSA) is 68.3 Å². The molecule has 0 N–H and O–H groups in total. The Labute approximate surface area is 183 Å². The van der Waals surface area contributed by atoms with E-state index in [4.69, 9.17) is 0 Å². The molecule has 30 heavy (non-hydrogen) atoms. The zero-order valence-corrected chi connectivity index (χ0v) is 19.1. The van der Waals surface area contributed by atoms with Crippen molar-refractivity contribution in [2.24, 2.45) is 0 Å². The third kappa shape index (κ3) is 5.33. The molecule has 0 saturated carbocycles. The Bertz CT molecular complexity index is 1100. The quantitative estimate of drug-likeness (QED) is 0.327. The summed E-state index contributed by atoms with van der Waals surface area (Å²) in [6.45, 7) is 2.01. The van der Waals surface area contributed by atoms with Crippen LogP contribution >= 0.6 is 11.8 Å². The maximum absolute atomic E-state index is 13.3. The molecule has 0 radical (unpaired) electrons. The Hall–Kier alpha value is -2.09. The number of aryl methyl sites for hydroxylation is 1. The van der Waals surface area contributed by atoms with Gasteiger partial charge in [0.2, 0.25) is 0 Å². The van der Waals surface area contributed by atoms with Crippen LogP contribution in [0.5, 0.6) is 0 Å². The number of benzene rings is 3. The van der Waals surface area contributed by atoms with Gasteiger partial charge in [0.1, 0.15) is 0 Å². The highest BCUT2D eigenvalue weighted by atomic mass is 32.3. The molecule has 3 aromatic carbocycles. The lowest BCUT2D eigenvalue weighted by Gasteiger charge is -2.18. The van der Waals surface area contributed by atoms with Crippen LogP contribution in [-0.2, 0) is 19.7 Å². The van der Waals surface area contributed by atoms with E-state index in [0.717, 1.165) is 10.5 Å². The molecule has 0 aliphatic carbocycles. The Morgan fingerprint density at radius 2 is 1.27 bits per heavy atom. The normalized spacial score (nSPS) is 12.2. The predicted molar refractivity (Wildman–Crippen MR) is 122 cm³/mol. The van der Waals surface area contributed by atoms with E-state index in [1.54, 1.807) is 48.2 Å². The van der Waals surface area contributed by atoms with E-state index in [9.17, 15) is 16.8 Å². The van der Waals surface area contributed by atoms with Crippen molar-refractivity contribution in [1.29, 1.82) is 0 Å². The molecule has 0 aliphatic heterocycles. The summed E-state index contributed by atoms with van der Waals surface area (Å²) in [6, 6.07) is 23.7. The monoisotopic (exact) mass is 460 g/mol. The molecule has 0 aliphatic rings. The van der Waals surface area contributed by atoms with Gasteiger partial charge in [-0.25, -0.2) is 16.8 Å². The summed E-state index contributed by atoms with van der Waals surface area (Å²) in [5, 5.41) is 0. The summed E-state index contributed by atoms with van der Waals surface area (Å²) in [5.41, 5.74) is 1.15. The van der Waals surface area contributed by atoms with Crippen LogP contribution in [0.2, 0.25) is 0 Å². The van der Waals surface area contributed by atoms with Crippen LogP contribution in [-0.4, -0.2) is 27.2 Å². The smallest absolute Gasteiger partial charge is 0.195 e. The molecule has 0 saturated heterocycles. The molecule has 3 rings (SSSR count). The van der Waals surface area contributed by atoms with Crippen molar-refractivity contribution in [3.05, 3.63) is 90.5 Å². The Morgan fingerprint density at radius 1 is 0.733 bits per heavy atom. The molecule has 0 spiro atoms. The van der Waals surface area contributed by atoms with Crippen molar-refractivity contribution in [2.75, 3.05) is 5.75 Å². The first-order valence-electron chi connectivity index (χ1n) is 9.59. The molecule has 0 fully saturated rings. The second-order valence-corrected chi connectivity index (χ2v) is 12.7. The molecule has 0 aromatic heterocycles. The first kappa shape index (κ1) is 22.6. The van der Waals surface area contributed by atoms with Crippen molar-refractivity contribution in [2.45, 2.75) is 39.0 Å².